The van der Waals surface area contributed by atoms with E-state index >= 15 is 0 Å². The molecule has 0 N–H and O–H groups in total. The molecule has 10 aromatic rings. The third kappa shape index (κ3) is 9.68. The molecule has 5 nitrogen and oxygen atoms in total. The van der Waals surface area contributed by atoms with Gasteiger partial charge in [-0.3, -0.25) is 4.57 Å². The summed E-state index contributed by atoms with van der Waals surface area (Å²) in [5.41, 5.74) is 23.0. The largest absolute Gasteiger partial charge is 0.457 e. The number of pyridine rings is 1. The smallest absolute Gasteiger partial charge is 0.137 e. The van der Waals surface area contributed by atoms with Crippen LogP contribution >= 0.6 is 0 Å². The van der Waals surface area contributed by atoms with E-state index in [-0.39, 0.29) is 27.1 Å². The number of anilines is 4. The molecule has 0 saturated heterocycles. The first kappa shape index (κ1) is 54.7. The van der Waals surface area contributed by atoms with E-state index in [0.29, 0.717) is 12.6 Å². The quantitative estimate of drug-likeness (QED) is 0.137. The molecule has 82 heavy (non-hydrogen) atoms. The summed E-state index contributed by atoms with van der Waals surface area (Å²) in [6, 6.07) is 63.7. The molecule has 0 radical (unpaired) electrons. The lowest BCUT2D eigenvalue weighted by molar-refractivity contribution is 0.481. The highest BCUT2D eigenvalue weighted by molar-refractivity contribution is 6.16. The molecule has 5 heteroatoms. The van der Waals surface area contributed by atoms with E-state index in [1.165, 1.54) is 94.3 Å². The topological polar surface area (TPSA) is 33.5 Å². The molecule has 1 aliphatic carbocycles. The van der Waals surface area contributed by atoms with Crippen molar-refractivity contribution in [3.8, 4) is 50.7 Å². The molecule has 0 bridgehead atoms. The van der Waals surface area contributed by atoms with Gasteiger partial charge in [-0.15, -0.1) is 0 Å². The van der Waals surface area contributed by atoms with E-state index in [1.807, 2.05) is 0 Å². The Morgan fingerprint density at radius 2 is 1.05 bits per heavy atom. The molecular formula is C77H82N4O. The van der Waals surface area contributed by atoms with Crippen LogP contribution in [0.2, 0.25) is 0 Å². The third-order valence-electron chi connectivity index (χ3n) is 17.5. The van der Waals surface area contributed by atoms with Crippen LogP contribution in [0.3, 0.4) is 0 Å². The zero-order chi connectivity index (χ0) is 58.0. The van der Waals surface area contributed by atoms with Gasteiger partial charge in [-0.05, 0) is 144 Å². The van der Waals surface area contributed by atoms with E-state index in [4.69, 9.17) is 9.72 Å². The van der Waals surface area contributed by atoms with Crippen molar-refractivity contribution in [1.29, 1.82) is 0 Å². The molecule has 2 aromatic heterocycles. The first-order valence-electron chi connectivity index (χ1n) is 29.8. The maximum atomic E-state index is 7.18. The monoisotopic (exact) mass is 1080 g/mol. The molecule has 416 valence electrons. The fraction of sp³-hybridized carbons (Fsp3) is 0.312. The van der Waals surface area contributed by atoms with Crippen LogP contribution in [-0.2, 0) is 33.5 Å². The molecule has 3 heterocycles. The summed E-state index contributed by atoms with van der Waals surface area (Å²) in [6.45, 7) is 37.8. The van der Waals surface area contributed by atoms with Gasteiger partial charge in [-0.2, -0.15) is 0 Å². The van der Waals surface area contributed by atoms with Gasteiger partial charge < -0.3 is 14.5 Å². The predicted molar refractivity (Wildman–Crippen MR) is 349 cm³/mol. The predicted octanol–water partition coefficient (Wildman–Crippen LogP) is 21.2. The van der Waals surface area contributed by atoms with Crippen molar-refractivity contribution in [2.75, 3.05) is 16.5 Å². The number of para-hydroxylation sites is 2. The molecule has 1 aliphatic heterocycles. The van der Waals surface area contributed by atoms with E-state index in [0.717, 1.165) is 46.3 Å². The van der Waals surface area contributed by atoms with E-state index < -0.39 is 0 Å². The Balaban J connectivity index is 0.967. The Morgan fingerprint density at radius 1 is 0.476 bits per heavy atom. The number of nitrogens with zero attached hydrogens (tertiary/aromatic N) is 4. The fourth-order valence-corrected chi connectivity index (χ4v) is 12.8. The fourth-order valence-electron chi connectivity index (χ4n) is 12.8. The van der Waals surface area contributed by atoms with Crippen molar-refractivity contribution >= 4 is 44.6 Å². The number of fused-ring (bicyclic) bond motifs is 1. The zero-order valence-electron chi connectivity index (χ0n) is 51.4. The normalized spacial score (nSPS) is 14.3. The van der Waals surface area contributed by atoms with E-state index in [9.17, 15) is 0 Å². The number of benzene rings is 8. The van der Waals surface area contributed by atoms with E-state index in [1.54, 1.807) is 0 Å². The zero-order valence-corrected chi connectivity index (χ0v) is 51.4. The molecule has 0 saturated carbocycles. The summed E-state index contributed by atoms with van der Waals surface area (Å²) in [5.74, 6) is 2.98. The summed E-state index contributed by atoms with van der Waals surface area (Å²) in [4.78, 5) is 10.4. The summed E-state index contributed by atoms with van der Waals surface area (Å²) in [7, 11) is 0. The standard InChI is InChI=1S/C77H82N4O/c1-48(2)36-51-39-69(78-46-62(51)50-32-34-53(35-33-50)73(3,4)5)81-67-31-23-28-63-70(67)71-64(77(63,15)16)44-59(45-68(71)81)82-58-27-22-26-57(43-58)79-47-80(66-30-21-20-29-65(66)79)72-60(49-24-18-17-19-25-49)41-56(76(12,13)14)42-61(72)52-37-54(74(6,7)8)40-55(38-52)75(9,10)11/h17-35,37-46,48H,36,47H2,1-16H3. The molecule has 0 fully saturated rings. The van der Waals surface area contributed by atoms with Crippen LogP contribution in [0.25, 0.3) is 61.0 Å². The lowest BCUT2D eigenvalue weighted by atomic mass is 9.77. The molecule has 0 atom stereocenters. The Labute approximate surface area is 488 Å². The first-order valence-corrected chi connectivity index (χ1v) is 29.8. The Hall–Kier alpha value is -7.89. The van der Waals surface area contributed by atoms with Gasteiger partial charge in [0.15, 0.2) is 0 Å². The van der Waals surface area contributed by atoms with Crippen LogP contribution in [0, 0.1) is 5.92 Å². The average Bonchev–Trinajstić information content (AvgIpc) is 1.76. The minimum absolute atomic E-state index is 0.0490. The summed E-state index contributed by atoms with van der Waals surface area (Å²) < 4.78 is 9.57. The third-order valence-corrected chi connectivity index (χ3v) is 17.5. The van der Waals surface area contributed by atoms with Gasteiger partial charge in [0.05, 0.1) is 28.1 Å². The van der Waals surface area contributed by atoms with Crippen molar-refractivity contribution in [2.45, 2.75) is 144 Å². The molecule has 0 unspecified atom stereocenters. The van der Waals surface area contributed by atoms with Gasteiger partial charge in [0.1, 0.15) is 24.0 Å². The maximum Gasteiger partial charge on any atom is 0.137 e. The second-order valence-electron chi connectivity index (χ2n) is 28.6. The van der Waals surface area contributed by atoms with Crippen LogP contribution < -0.4 is 14.5 Å². The van der Waals surface area contributed by atoms with Gasteiger partial charge in [0.2, 0.25) is 0 Å². The lowest BCUT2D eigenvalue weighted by Gasteiger charge is -2.31. The number of hydrogen-bond donors (Lipinski definition) is 0. The summed E-state index contributed by atoms with van der Waals surface area (Å²) >= 11 is 0. The van der Waals surface area contributed by atoms with Gasteiger partial charge in [-0.25, -0.2) is 4.98 Å². The molecular weight excluding hydrogens is 997 g/mol. The van der Waals surface area contributed by atoms with Crippen molar-refractivity contribution in [3.05, 3.63) is 215 Å². The van der Waals surface area contributed by atoms with Crippen molar-refractivity contribution in [2.24, 2.45) is 5.92 Å². The highest BCUT2D eigenvalue weighted by Gasteiger charge is 2.38. The number of ether oxygens (including phenoxy) is 1. The second-order valence-corrected chi connectivity index (χ2v) is 28.6. The molecule has 0 amide bonds. The lowest BCUT2D eigenvalue weighted by Crippen LogP contribution is -2.25. The van der Waals surface area contributed by atoms with Crippen LogP contribution in [0.15, 0.2) is 176 Å². The minimum Gasteiger partial charge on any atom is -0.457 e. The summed E-state index contributed by atoms with van der Waals surface area (Å²) in [5, 5.41) is 2.59. The van der Waals surface area contributed by atoms with Crippen molar-refractivity contribution in [3.63, 3.8) is 0 Å². The Morgan fingerprint density at radius 3 is 1.68 bits per heavy atom. The second kappa shape index (κ2) is 19.6. The van der Waals surface area contributed by atoms with Gasteiger partial charge in [0.25, 0.3) is 0 Å². The number of hydrogen-bond acceptors (Lipinski definition) is 4. The molecule has 0 spiro atoms. The summed E-state index contributed by atoms with van der Waals surface area (Å²) in [6.07, 6.45) is 3.05. The van der Waals surface area contributed by atoms with Gasteiger partial charge in [-0.1, -0.05) is 214 Å². The highest BCUT2D eigenvalue weighted by atomic mass is 16.5. The van der Waals surface area contributed by atoms with Crippen LogP contribution in [-0.4, -0.2) is 16.2 Å². The molecule has 8 aromatic carbocycles. The number of aromatic nitrogens is 2. The minimum atomic E-state index is -0.227. The van der Waals surface area contributed by atoms with Crippen LogP contribution in [0.4, 0.5) is 22.7 Å². The van der Waals surface area contributed by atoms with Gasteiger partial charge >= 0.3 is 0 Å². The Bertz CT molecular complexity index is 4080. The first-order chi connectivity index (χ1) is 38.7. The SMILES string of the molecule is CC(C)Cc1cc(-n2c3cccc4c3c3c(cc(Oc5cccc(N6CN(c7c(-c8ccccc8)cc(C(C)(C)C)cc7-c7cc(C(C)(C)C)cc(C(C)(C)C)c7)c7ccccc76)c5)cc32)C4(C)C)ncc1-c1ccc(C(C)(C)C)cc1. The van der Waals surface area contributed by atoms with Crippen molar-refractivity contribution < 1.29 is 4.74 Å². The van der Waals surface area contributed by atoms with Gasteiger partial charge in [0, 0.05) is 56.9 Å². The van der Waals surface area contributed by atoms with Crippen LogP contribution in [0.5, 0.6) is 11.5 Å². The molecule has 12 rings (SSSR count). The van der Waals surface area contributed by atoms with Crippen LogP contribution in [0.1, 0.15) is 150 Å². The molecule has 2 aliphatic rings. The average molecular weight is 1080 g/mol. The number of rotatable bonds is 10. The highest BCUT2D eigenvalue weighted by Crippen LogP contribution is 2.55. The van der Waals surface area contributed by atoms with Crippen molar-refractivity contribution in [1.82, 2.24) is 9.55 Å². The maximum absolute atomic E-state index is 7.18. The Kier molecular flexibility index (Phi) is 13.1. The van der Waals surface area contributed by atoms with E-state index in [2.05, 4.69) is 301 Å².